The first-order valence-corrected chi connectivity index (χ1v) is 6.15. The summed E-state index contributed by atoms with van der Waals surface area (Å²) >= 11 is 0. The molecule has 0 aliphatic carbocycles. The number of phenolic OH excluding ortho intramolecular Hbond substituents is 1. The SMILES string of the molecule is C#CC(CC)NCc1c(O)ccc2ccccc12. The summed E-state index contributed by atoms with van der Waals surface area (Å²) in [5.74, 6) is 3.01. The standard InChI is InChI=1S/C16H17NO/c1-3-13(4-2)17-11-15-14-8-6-5-7-12(14)9-10-16(15)18/h1,5-10,13,17-18H,4,11H2,2H3. The van der Waals surface area contributed by atoms with Crippen LogP contribution in [0.3, 0.4) is 0 Å². The molecule has 2 aromatic carbocycles. The first-order valence-electron chi connectivity index (χ1n) is 6.15. The molecule has 18 heavy (non-hydrogen) atoms. The first-order chi connectivity index (χ1) is 8.76. The van der Waals surface area contributed by atoms with Crippen molar-refractivity contribution in [3.63, 3.8) is 0 Å². The Bertz CT molecular complexity index is 583. The van der Waals surface area contributed by atoms with E-state index in [-0.39, 0.29) is 6.04 Å². The summed E-state index contributed by atoms with van der Waals surface area (Å²) in [4.78, 5) is 0. The highest BCUT2D eigenvalue weighted by Crippen LogP contribution is 2.26. The lowest BCUT2D eigenvalue weighted by atomic mass is 10.0. The van der Waals surface area contributed by atoms with Gasteiger partial charge in [0.1, 0.15) is 5.75 Å². The molecule has 2 N–H and O–H groups in total. The van der Waals surface area contributed by atoms with Gasteiger partial charge in [0.15, 0.2) is 0 Å². The van der Waals surface area contributed by atoms with Gasteiger partial charge in [-0.05, 0) is 23.3 Å². The van der Waals surface area contributed by atoms with Gasteiger partial charge in [-0.3, -0.25) is 5.32 Å². The van der Waals surface area contributed by atoms with Crippen molar-refractivity contribution in [2.45, 2.75) is 25.9 Å². The van der Waals surface area contributed by atoms with Gasteiger partial charge in [-0.2, -0.15) is 0 Å². The van der Waals surface area contributed by atoms with Gasteiger partial charge in [-0.25, -0.2) is 0 Å². The summed E-state index contributed by atoms with van der Waals surface area (Å²) in [6, 6.07) is 11.7. The van der Waals surface area contributed by atoms with Crippen LogP contribution in [0, 0.1) is 12.3 Å². The molecule has 2 rings (SSSR count). The number of hydrogen-bond acceptors (Lipinski definition) is 2. The van der Waals surface area contributed by atoms with Crippen molar-refractivity contribution < 1.29 is 5.11 Å². The Morgan fingerprint density at radius 1 is 1.28 bits per heavy atom. The zero-order chi connectivity index (χ0) is 13.0. The number of aromatic hydroxyl groups is 1. The maximum Gasteiger partial charge on any atom is 0.120 e. The summed E-state index contributed by atoms with van der Waals surface area (Å²) in [7, 11) is 0. The van der Waals surface area contributed by atoms with E-state index in [1.807, 2.05) is 37.3 Å². The topological polar surface area (TPSA) is 32.3 Å². The fourth-order valence-electron chi connectivity index (χ4n) is 2.06. The Kier molecular flexibility index (Phi) is 3.86. The monoisotopic (exact) mass is 239 g/mol. The molecule has 0 amide bonds. The van der Waals surface area contributed by atoms with Crippen LogP contribution in [-0.4, -0.2) is 11.1 Å². The van der Waals surface area contributed by atoms with E-state index in [9.17, 15) is 5.11 Å². The summed E-state index contributed by atoms with van der Waals surface area (Å²) in [5.41, 5.74) is 0.904. The summed E-state index contributed by atoms with van der Waals surface area (Å²) in [6.45, 7) is 2.62. The van der Waals surface area contributed by atoms with Crippen molar-refractivity contribution in [1.29, 1.82) is 0 Å². The van der Waals surface area contributed by atoms with Crippen LogP contribution in [0.1, 0.15) is 18.9 Å². The fraction of sp³-hybridized carbons (Fsp3) is 0.250. The lowest BCUT2D eigenvalue weighted by Gasteiger charge is -2.13. The quantitative estimate of drug-likeness (QED) is 0.804. The lowest BCUT2D eigenvalue weighted by Crippen LogP contribution is -2.26. The van der Waals surface area contributed by atoms with Crippen LogP contribution in [0.25, 0.3) is 10.8 Å². The van der Waals surface area contributed by atoms with E-state index < -0.39 is 0 Å². The second-order valence-corrected chi connectivity index (χ2v) is 4.29. The smallest absolute Gasteiger partial charge is 0.120 e. The van der Waals surface area contributed by atoms with Crippen LogP contribution >= 0.6 is 0 Å². The third-order valence-electron chi connectivity index (χ3n) is 3.15. The molecule has 0 saturated carbocycles. The van der Waals surface area contributed by atoms with E-state index >= 15 is 0 Å². The van der Waals surface area contributed by atoms with Gasteiger partial charge in [0.05, 0.1) is 6.04 Å². The molecule has 0 heterocycles. The predicted molar refractivity (Wildman–Crippen MR) is 75.4 cm³/mol. The molecule has 1 atom stereocenters. The van der Waals surface area contributed by atoms with Crippen molar-refractivity contribution in [2.75, 3.05) is 0 Å². The van der Waals surface area contributed by atoms with Gasteiger partial charge in [-0.15, -0.1) is 6.42 Å². The first kappa shape index (κ1) is 12.5. The molecular formula is C16H17NO. The molecule has 0 aromatic heterocycles. The number of phenols is 1. The van der Waals surface area contributed by atoms with Crippen LogP contribution in [0.2, 0.25) is 0 Å². The minimum atomic E-state index is 0.0448. The highest BCUT2D eigenvalue weighted by atomic mass is 16.3. The summed E-state index contributed by atoms with van der Waals surface area (Å²) in [6.07, 6.45) is 6.30. The maximum atomic E-state index is 9.98. The van der Waals surface area contributed by atoms with Crippen LogP contribution in [-0.2, 0) is 6.54 Å². The Morgan fingerprint density at radius 3 is 2.78 bits per heavy atom. The fourth-order valence-corrected chi connectivity index (χ4v) is 2.06. The van der Waals surface area contributed by atoms with Crippen LogP contribution in [0.5, 0.6) is 5.75 Å². The third kappa shape index (κ3) is 2.47. The van der Waals surface area contributed by atoms with Crippen LogP contribution in [0.4, 0.5) is 0 Å². The molecule has 2 heteroatoms. The van der Waals surface area contributed by atoms with E-state index in [2.05, 4.69) is 11.2 Å². The van der Waals surface area contributed by atoms with Crippen molar-refractivity contribution in [3.8, 4) is 18.1 Å². The van der Waals surface area contributed by atoms with Gasteiger partial charge in [-0.1, -0.05) is 43.2 Å². The molecule has 1 unspecified atom stereocenters. The molecule has 0 spiro atoms. The molecule has 2 aromatic rings. The minimum Gasteiger partial charge on any atom is -0.508 e. The molecule has 0 aliphatic rings. The number of rotatable bonds is 4. The summed E-state index contributed by atoms with van der Waals surface area (Å²) in [5, 5.41) is 15.4. The molecule has 0 radical (unpaired) electrons. The zero-order valence-corrected chi connectivity index (χ0v) is 10.5. The van der Waals surface area contributed by atoms with Crippen molar-refractivity contribution in [2.24, 2.45) is 0 Å². The average Bonchev–Trinajstić information content (AvgIpc) is 2.42. The number of hydrogen-bond donors (Lipinski definition) is 2. The maximum absolute atomic E-state index is 9.98. The Hall–Kier alpha value is -1.98. The number of benzene rings is 2. The molecule has 0 fully saturated rings. The Balaban J connectivity index is 2.32. The third-order valence-corrected chi connectivity index (χ3v) is 3.15. The second-order valence-electron chi connectivity index (χ2n) is 4.29. The number of terminal acetylenes is 1. The molecule has 2 nitrogen and oxygen atoms in total. The molecule has 0 bridgehead atoms. The van der Waals surface area contributed by atoms with Gasteiger partial charge < -0.3 is 5.11 Å². The Labute approximate surface area is 108 Å². The lowest BCUT2D eigenvalue weighted by molar-refractivity contribution is 0.463. The largest absolute Gasteiger partial charge is 0.508 e. The molecular weight excluding hydrogens is 222 g/mol. The second kappa shape index (κ2) is 5.57. The predicted octanol–water partition coefficient (Wildman–Crippen LogP) is 3.05. The van der Waals surface area contributed by atoms with E-state index in [0.717, 1.165) is 22.8 Å². The highest BCUT2D eigenvalue weighted by molar-refractivity contribution is 5.87. The molecule has 92 valence electrons. The van der Waals surface area contributed by atoms with E-state index in [4.69, 9.17) is 6.42 Å². The minimum absolute atomic E-state index is 0.0448. The van der Waals surface area contributed by atoms with Crippen molar-refractivity contribution in [3.05, 3.63) is 42.0 Å². The van der Waals surface area contributed by atoms with Gasteiger partial charge in [0.25, 0.3) is 0 Å². The molecule has 0 aliphatic heterocycles. The highest BCUT2D eigenvalue weighted by Gasteiger charge is 2.08. The number of nitrogens with one attached hydrogen (secondary N) is 1. The van der Waals surface area contributed by atoms with Gasteiger partial charge >= 0.3 is 0 Å². The van der Waals surface area contributed by atoms with E-state index in [0.29, 0.717) is 12.3 Å². The summed E-state index contributed by atoms with van der Waals surface area (Å²) < 4.78 is 0. The Morgan fingerprint density at radius 2 is 2.06 bits per heavy atom. The van der Waals surface area contributed by atoms with Gasteiger partial charge in [0, 0.05) is 12.1 Å². The van der Waals surface area contributed by atoms with Gasteiger partial charge in [0.2, 0.25) is 0 Å². The normalized spacial score (nSPS) is 12.2. The van der Waals surface area contributed by atoms with Crippen LogP contribution in [0.15, 0.2) is 36.4 Å². The van der Waals surface area contributed by atoms with E-state index in [1.165, 1.54) is 0 Å². The van der Waals surface area contributed by atoms with Crippen molar-refractivity contribution >= 4 is 10.8 Å². The zero-order valence-electron chi connectivity index (χ0n) is 10.5. The average molecular weight is 239 g/mol. The van der Waals surface area contributed by atoms with E-state index in [1.54, 1.807) is 6.07 Å². The van der Waals surface area contributed by atoms with Crippen LogP contribution < -0.4 is 5.32 Å². The number of fused-ring (bicyclic) bond motifs is 1. The molecule has 0 saturated heterocycles. The van der Waals surface area contributed by atoms with Crippen molar-refractivity contribution in [1.82, 2.24) is 5.32 Å².